The third kappa shape index (κ3) is 9.42. The molecule has 3 aliphatic heterocycles. The van der Waals surface area contributed by atoms with Crippen molar-refractivity contribution in [1.29, 1.82) is 0 Å². The van der Waals surface area contributed by atoms with Crippen LogP contribution in [0.4, 0.5) is 5.69 Å². The van der Waals surface area contributed by atoms with Gasteiger partial charge in [-0.1, -0.05) is 50.1 Å². The molecular weight excluding hydrogens is 686 g/mol. The first-order valence-corrected chi connectivity index (χ1v) is 20.3. The van der Waals surface area contributed by atoms with Crippen LogP contribution in [0.25, 0.3) is 0 Å². The fraction of sp³-hybridized carbons (Fsp3) is 0.513. The Labute approximate surface area is 307 Å². The molecule has 6 rings (SSSR count). The molecule has 0 spiro atoms. The van der Waals surface area contributed by atoms with Crippen molar-refractivity contribution >= 4 is 39.0 Å². The van der Waals surface area contributed by atoms with E-state index in [4.69, 9.17) is 21.1 Å². The third-order valence-electron chi connectivity index (χ3n) is 10.3. The highest BCUT2D eigenvalue weighted by Crippen LogP contribution is 2.34. The fourth-order valence-corrected chi connectivity index (χ4v) is 9.26. The van der Waals surface area contributed by atoms with Gasteiger partial charge in [0.05, 0.1) is 24.2 Å². The second-order valence-corrected chi connectivity index (χ2v) is 16.6. The van der Waals surface area contributed by atoms with Crippen LogP contribution in [0.3, 0.4) is 0 Å². The molecule has 51 heavy (non-hydrogen) atoms. The number of nitrogens with zero attached hydrogens (tertiary/aromatic N) is 4. The third-order valence-corrected chi connectivity index (χ3v) is 12.5. The first-order valence-electron chi connectivity index (χ1n) is 18.3. The van der Waals surface area contributed by atoms with Crippen molar-refractivity contribution in [2.24, 2.45) is 16.2 Å². The summed E-state index contributed by atoms with van der Waals surface area (Å²) in [7, 11) is -1.87. The van der Waals surface area contributed by atoms with Crippen LogP contribution in [0.5, 0.6) is 5.75 Å². The van der Waals surface area contributed by atoms with Gasteiger partial charge in [0.2, 0.25) is 0 Å². The minimum Gasteiger partial charge on any atom is -0.491 e. The number of ether oxygens (including phenoxy) is 2. The largest absolute Gasteiger partial charge is 0.491 e. The maximum absolute atomic E-state index is 14.6. The lowest BCUT2D eigenvalue weighted by molar-refractivity contribution is 0.0796. The molecule has 2 aromatic carbocycles. The number of benzene rings is 2. The van der Waals surface area contributed by atoms with E-state index in [1.165, 1.54) is 11.1 Å². The van der Waals surface area contributed by atoms with Gasteiger partial charge in [-0.2, -0.15) is 0 Å². The van der Waals surface area contributed by atoms with E-state index in [0.29, 0.717) is 44.2 Å². The fourth-order valence-electron chi connectivity index (χ4n) is 7.18. The van der Waals surface area contributed by atoms with Gasteiger partial charge in [-0.3, -0.25) is 14.3 Å². The first-order chi connectivity index (χ1) is 24.6. The number of anilines is 1. The summed E-state index contributed by atoms with van der Waals surface area (Å²) >= 11 is 6.45. The number of carbonyl (C=O) groups excluding carboxylic acids is 2. The molecule has 4 atom stereocenters. The number of rotatable bonds is 4. The van der Waals surface area contributed by atoms with Gasteiger partial charge in [0.25, 0.3) is 11.8 Å². The van der Waals surface area contributed by atoms with Crippen LogP contribution in [0, 0.1) is 11.8 Å². The Balaban J connectivity index is 1.38. The number of allylic oxidation sites excluding steroid dienone is 2. The summed E-state index contributed by atoms with van der Waals surface area (Å²) in [6.45, 7) is 6.78. The number of fused-ring (bicyclic) bond motifs is 3. The molecule has 0 fully saturated rings. The van der Waals surface area contributed by atoms with Gasteiger partial charge in [-0.15, -0.1) is 4.36 Å². The zero-order chi connectivity index (χ0) is 36.0. The van der Waals surface area contributed by atoms with Crippen LogP contribution in [-0.2, 0) is 40.6 Å². The summed E-state index contributed by atoms with van der Waals surface area (Å²) in [6.07, 6.45) is 13.8. The van der Waals surface area contributed by atoms with E-state index in [1.807, 2.05) is 29.7 Å². The second kappa shape index (κ2) is 16.8. The van der Waals surface area contributed by atoms with Crippen LogP contribution in [0.2, 0.25) is 5.02 Å². The van der Waals surface area contributed by atoms with Gasteiger partial charge in [0.1, 0.15) is 27.2 Å². The Kier molecular flexibility index (Phi) is 12.2. The van der Waals surface area contributed by atoms with Crippen molar-refractivity contribution in [1.82, 2.24) is 14.3 Å². The predicted octanol–water partition coefficient (Wildman–Crippen LogP) is 7.58. The SMILES string of the molecule is CC[C@H]1C/C=C/C[C@H](C)CS(=O)(NC(=O)c2cn3c(n2)CC(OC)CC3)=NC(=O)c2ccc3c(c2)N(CC1)Cc1ccc(Cl)cc1CCCCO3. The average Bonchev–Trinajstić information content (AvgIpc) is 3.53. The molecule has 2 unspecified atom stereocenters. The van der Waals surface area contributed by atoms with E-state index in [2.05, 4.69) is 50.2 Å². The average molecular weight is 736 g/mol. The number of hydrogen-bond donors (Lipinski definition) is 1. The van der Waals surface area contributed by atoms with Crippen LogP contribution in [-0.4, -0.2) is 57.7 Å². The smallest absolute Gasteiger partial charge is 0.286 e. The van der Waals surface area contributed by atoms with Gasteiger partial charge in [0.15, 0.2) is 0 Å². The molecule has 0 saturated heterocycles. The summed E-state index contributed by atoms with van der Waals surface area (Å²) < 4.78 is 35.3. The highest BCUT2D eigenvalue weighted by atomic mass is 35.5. The van der Waals surface area contributed by atoms with E-state index >= 15 is 0 Å². The van der Waals surface area contributed by atoms with Crippen molar-refractivity contribution in [3.63, 3.8) is 0 Å². The lowest BCUT2D eigenvalue weighted by Gasteiger charge is -2.29. The van der Waals surface area contributed by atoms with Crippen molar-refractivity contribution in [2.75, 3.05) is 30.9 Å². The molecule has 1 aromatic heterocycles. The number of halogens is 1. The number of aryl methyl sites for hydroxylation is 2. The standard InChI is InChI=1S/C39H50ClN5O5S/c1-4-28-10-6-5-9-27(2)26-51(48,43-39(47)34-25-45-19-17-33(49-3)23-37(45)41-34)42-38(46)30-13-15-36-35(22-30)44(18-16-28)24-31-12-14-32(40)21-29(31)11-7-8-20-50-36/h5-6,12-15,21-22,25,27-28,33H,4,7-11,16-20,23-24,26H2,1-3H3,(H,42,43,46,47,48)/b6-5+/t27-,28-,33?,51?/m0/s1. The van der Waals surface area contributed by atoms with E-state index in [0.717, 1.165) is 68.0 Å². The molecular formula is C39H50ClN5O5S. The molecule has 3 aromatic rings. The summed E-state index contributed by atoms with van der Waals surface area (Å²) in [5.74, 6) is 0.531. The molecule has 10 nitrogen and oxygen atoms in total. The van der Waals surface area contributed by atoms with E-state index in [1.54, 1.807) is 19.4 Å². The van der Waals surface area contributed by atoms with Crippen LogP contribution < -0.4 is 14.4 Å². The number of aromatic nitrogens is 2. The number of imidazole rings is 1. The van der Waals surface area contributed by atoms with Crippen LogP contribution in [0.15, 0.2) is 59.1 Å². The van der Waals surface area contributed by atoms with Gasteiger partial charge >= 0.3 is 0 Å². The minimum atomic E-state index is -3.54. The zero-order valence-corrected chi connectivity index (χ0v) is 31.5. The van der Waals surface area contributed by atoms with Crippen LogP contribution in [0.1, 0.15) is 96.6 Å². The Morgan fingerprint density at radius 3 is 2.76 bits per heavy atom. The maximum Gasteiger partial charge on any atom is 0.286 e. The van der Waals surface area contributed by atoms with Crippen molar-refractivity contribution in [3.8, 4) is 5.75 Å². The monoisotopic (exact) mass is 735 g/mol. The zero-order valence-electron chi connectivity index (χ0n) is 29.9. The Bertz CT molecular complexity index is 1880. The summed E-state index contributed by atoms with van der Waals surface area (Å²) in [6, 6.07) is 11.4. The predicted molar refractivity (Wildman–Crippen MR) is 202 cm³/mol. The molecule has 4 heterocycles. The lowest BCUT2D eigenvalue weighted by atomic mass is 9.96. The lowest BCUT2D eigenvalue weighted by Crippen LogP contribution is -2.35. The van der Waals surface area contributed by atoms with Crippen molar-refractivity contribution in [3.05, 3.63) is 88.0 Å². The Morgan fingerprint density at radius 2 is 1.94 bits per heavy atom. The second-order valence-electron chi connectivity index (χ2n) is 14.2. The molecule has 3 aliphatic rings. The molecule has 274 valence electrons. The van der Waals surface area contributed by atoms with E-state index < -0.39 is 21.7 Å². The number of amides is 2. The van der Waals surface area contributed by atoms with Crippen molar-refractivity contribution in [2.45, 2.75) is 90.8 Å². The summed E-state index contributed by atoms with van der Waals surface area (Å²) in [5.41, 5.74) is 3.63. The summed E-state index contributed by atoms with van der Waals surface area (Å²) in [5, 5.41) is 0.720. The molecule has 0 saturated carbocycles. The van der Waals surface area contributed by atoms with Gasteiger partial charge in [0, 0.05) is 49.9 Å². The highest BCUT2D eigenvalue weighted by Gasteiger charge is 2.27. The van der Waals surface area contributed by atoms with Gasteiger partial charge < -0.3 is 18.9 Å². The topological polar surface area (TPSA) is 115 Å². The van der Waals surface area contributed by atoms with E-state index in [-0.39, 0.29) is 29.0 Å². The molecule has 2 amide bonds. The number of hydrogen-bond acceptors (Lipinski definition) is 7. The number of nitrogens with one attached hydrogen (secondary N) is 1. The molecule has 2 bridgehead atoms. The maximum atomic E-state index is 14.6. The van der Waals surface area contributed by atoms with Crippen LogP contribution >= 0.6 is 11.6 Å². The van der Waals surface area contributed by atoms with Crippen molar-refractivity contribution < 1.29 is 23.3 Å². The molecule has 0 aliphatic carbocycles. The highest BCUT2D eigenvalue weighted by molar-refractivity contribution is 7.92. The molecule has 12 heteroatoms. The Hall–Kier alpha value is -3.67. The van der Waals surface area contributed by atoms with E-state index in [9.17, 15) is 13.8 Å². The number of methoxy groups -OCH3 is 1. The molecule has 0 radical (unpaired) electrons. The van der Waals surface area contributed by atoms with Gasteiger partial charge in [-0.25, -0.2) is 9.19 Å². The number of carbonyl (C=O) groups is 2. The Morgan fingerprint density at radius 1 is 1.10 bits per heavy atom. The quantitative estimate of drug-likeness (QED) is 0.275. The first kappa shape index (κ1) is 37.1. The normalized spacial score (nSPS) is 25.3. The minimum absolute atomic E-state index is 0.0187. The summed E-state index contributed by atoms with van der Waals surface area (Å²) in [4.78, 5) is 34.4. The molecule has 1 N–H and O–H groups in total. The van der Waals surface area contributed by atoms with Gasteiger partial charge in [-0.05, 0) is 98.2 Å².